The van der Waals surface area contributed by atoms with Crippen molar-refractivity contribution in [3.63, 3.8) is 0 Å². The average molecular weight is 305 g/mol. The molecule has 3 aliphatic rings. The summed E-state index contributed by atoms with van der Waals surface area (Å²) >= 11 is 0. The predicted octanol–water partition coefficient (Wildman–Crippen LogP) is 4.07. The van der Waals surface area contributed by atoms with Crippen molar-refractivity contribution < 1.29 is 9.53 Å². The molecule has 124 valence electrons. The van der Waals surface area contributed by atoms with E-state index in [0.29, 0.717) is 24.5 Å². The van der Waals surface area contributed by atoms with Crippen molar-refractivity contribution >= 4 is 5.91 Å². The van der Waals surface area contributed by atoms with E-state index in [-0.39, 0.29) is 5.41 Å². The minimum atomic E-state index is 0.265. The van der Waals surface area contributed by atoms with Crippen LogP contribution in [0.1, 0.15) is 71.1 Å². The van der Waals surface area contributed by atoms with Gasteiger partial charge >= 0.3 is 0 Å². The SMILES string of the molecule is CCOC1CC(N(C)C(=O)CC2=CCCCC2)C12CCCC2. The summed E-state index contributed by atoms with van der Waals surface area (Å²) < 4.78 is 5.98. The van der Waals surface area contributed by atoms with Gasteiger partial charge in [0.2, 0.25) is 5.91 Å². The molecule has 0 aromatic carbocycles. The average Bonchev–Trinajstić information content (AvgIpc) is 3.04. The van der Waals surface area contributed by atoms with Gasteiger partial charge in [0.1, 0.15) is 0 Å². The third kappa shape index (κ3) is 2.84. The smallest absolute Gasteiger partial charge is 0.226 e. The lowest BCUT2D eigenvalue weighted by Crippen LogP contribution is -2.64. The first kappa shape index (κ1) is 16.0. The number of rotatable bonds is 5. The fourth-order valence-corrected chi connectivity index (χ4v) is 4.95. The van der Waals surface area contributed by atoms with Gasteiger partial charge in [0, 0.05) is 31.5 Å². The number of carbonyl (C=O) groups excluding carboxylic acids is 1. The van der Waals surface area contributed by atoms with Crippen molar-refractivity contribution in [2.75, 3.05) is 13.7 Å². The molecule has 2 atom stereocenters. The van der Waals surface area contributed by atoms with Gasteiger partial charge in [-0.25, -0.2) is 0 Å². The van der Waals surface area contributed by atoms with E-state index in [0.717, 1.165) is 25.9 Å². The highest BCUT2D eigenvalue weighted by molar-refractivity contribution is 5.79. The molecule has 0 saturated heterocycles. The first-order chi connectivity index (χ1) is 10.7. The number of hydrogen-bond acceptors (Lipinski definition) is 2. The van der Waals surface area contributed by atoms with Gasteiger partial charge in [-0.05, 0) is 51.9 Å². The Hall–Kier alpha value is -0.830. The molecule has 0 N–H and O–H groups in total. The van der Waals surface area contributed by atoms with Gasteiger partial charge in [-0.15, -0.1) is 0 Å². The van der Waals surface area contributed by atoms with Crippen LogP contribution in [0.25, 0.3) is 0 Å². The Bertz CT molecular complexity index is 437. The monoisotopic (exact) mass is 305 g/mol. The number of hydrogen-bond donors (Lipinski definition) is 0. The quantitative estimate of drug-likeness (QED) is 0.716. The summed E-state index contributed by atoms with van der Waals surface area (Å²) in [5.41, 5.74) is 1.63. The molecule has 0 radical (unpaired) electrons. The third-order valence-corrected chi connectivity index (χ3v) is 6.27. The van der Waals surface area contributed by atoms with E-state index in [4.69, 9.17) is 4.74 Å². The van der Waals surface area contributed by atoms with E-state index in [1.807, 2.05) is 7.05 Å². The second-order valence-corrected chi connectivity index (χ2v) is 7.43. The Morgan fingerprint density at radius 3 is 2.73 bits per heavy atom. The predicted molar refractivity (Wildman–Crippen MR) is 88.7 cm³/mol. The van der Waals surface area contributed by atoms with Crippen molar-refractivity contribution in [2.24, 2.45) is 5.41 Å². The van der Waals surface area contributed by atoms with E-state index in [9.17, 15) is 4.79 Å². The topological polar surface area (TPSA) is 29.5 Å². The van der Waals surface area contributed by atoms with Crippen LogP contribution < -0.4 is 0 Å². The summed E-state index contributed by atoms with van der Waals surface area (Å²) in [6.45, 7) is 2.88. The largest absolute Gasteiger partial charge is 0.378 e. The molecule has 0 aromatic heterocycles. The van der Waals surface area contributed by atoms with Crippen LogP contribution in [0.2, 0.25) is 0 Å². The summed E-state index contributed by atoms with van der Waals surface area (Å²) in [5, 5.41) is 0. The maximum atomic E-state index is 12.7. The minimum Gasteiger partial charge on any atom is -0.378 e. The lowest BCUT2D eigenvalue weighted by atomic mass is 9.60. The lowest BCUT2D eigenvalue weighted by Gasteiger charge is -2.57. The molecule has 0 aromatic rings. The highest BCUT2D eigenvalue weighted by atomic mass is 16.5. The zero-order chi connectivity index (χ0) is 15.6. The van der Waals surface area contributed by atoms with E-state index in [1.165, 1.54) is 44.1 Å². The molecule has 3 rings (SSSR count). The van der Waals surface area contributed by atoms with Crippen molar-refractivity contribution in [3.05, 3.63) is 11.6 Å². The van der Waals surface area contributed by atoms with Crippen LogP contribution in [0.4, 0.5) is 0 Å². The van der Waals surface area contributed by atoms with Gasteiger partial charge in [-0.1, -0.05) is 24.5 Å². The van der Waals surface area contributed by atoms with Crippen LogP contribution in [-0.2, 0) is 9.53 Å². The Kier molecular flexibility index (Phi) is 4.91. The standard InChI is InChI=1S/C19H31NO2/c1-3-22-17-14-16(19(17)11-7-8-12-19)20(2)18(21)13-15-9-5-4-6-10-15/h9,16-17H,3-8,10-14H2,1-2H3. The van der Waals surface area contributed by atoms with E-state index in [2.05, 4.69) is 17.9 Å². The first-order valence-electron chi connectivity index (χ1n) is 9.22. The van der Waals surface area contributed by atoms with Crippen molar-refractivity contribution in [1.29, 1.82) is 0 Å². The molecule has 3 heteroatoms. The second-order valence-electron chi connectivity index (χ2n) is 7.43. The molecule has 1 amide bonds. The van der Waals surface area contributed by atoms with Gasteiger partial charge in [0.25, 0.3) is 0 Å². The van der Waals surface area contributed by atoms with Gasteiger partial charge in [0.05, 0.1) is 6.10 Å². The second kappa shape index (κ2) is 6.74. The van der Waals surface area contributed by atoms with Crippen LogP contribution >= 0.6 is 0 Å². The number of allylic oxidation sites excluding steroid dienone is 1. The Balaban J connectivity index is 1.63. The van der Waals surface area contributed by atoms with Crippen LogP contribution in [0.3, 0.4) is 0 Å². The molecule has 2 fully saturated rings. The zero-order valence-electron chi connectivity index (χ0n) is 14.3. The Morgan fingerprint density at radius 1 is 1.32 bits per heavy atom. The molecule has 2 saturated carbocycles. The van der Waals surface area contributed by atoms with Crippen LogP contribution in [0.5, 0.6) is 0 Å². The number of ether oxygens (including phenoxy) is 1. The summed E-state index contributed by atoms with van der Waals surface area (Å²) in [5.74, 6) is 0.319. The van der Waals surface area contributed by atoms with Gasteiger partial charge in [0.15, 0.2) is 0 Å². The van der Waals surface area contributed by atoms with Crippen molar-refractivity contribution in [2.45, 2.75) is 83.3 Å². The molecule has 3 aliphatic carbocycles. The van der Waals surface area contributed by atoms with Crippen molar-refractivity contribution in [1.82, 2.24) is 4.90 Å². The number of amides is 1. The highest BCUT2D eigenvalue weighted by Crippen LogP contribution is 2.56. The van der Waals surface area contributed by atoms with Crippen LogP contribution in [0, 0.1) is 5.41 Å². The Labute approximate surface area is 135 Å². The molecule has 0 bridgehead atoms. The molecular formula is C19H31NO2. The highest BCUT2D eigenvalue weighted by Gasteiger charge is 2.58. The molecule has 3 nitrogen and oxygen atoms in total. The fraction of sp³-hybridized carbons (Fsp3) is 0.842. The summed E-state index contributed by atoms with van der Waals surface area (Å²) in [4.78, 5) is 14.8. The Morgan fingerprint density at radius 2 is 2.09 bits per heavy atom. The van der Waals surface area contributed by atoms with E-state index >= 15 is 0 Å². The molecular weight excluding hydrogens is 274 g/mol. The fourth-order valence-electron chi connectivity index (χ4n) is 4.95. The van der Waals surface area contributed by atoms with Gasteiger partial charge < -0.3 is 9.64 Å². The number of nitrogens with zero attached hydrogens (tertiary/aromatic N) is 1. The van der Waals surface area contributed by atoms with Crippen LogP contribution in [0.15, 0.2) is 11.6 Å². The maximum Gasteiger partial charge on any atom is 0.226 e. The van der Waals surface area contributed by atoms with E-state index in [1.54, 1.807) is 0 Å². The van der Waals surface area contributed by atoms with Gasteiger partial charge in [-0.3, -0.25) is 4.79 Å². The lowest BCUT2D eigenvalue weighted by molar-refractivity contribution is -0.172. The zero-order valence-corrected chi connectivity index (χ0v) is 14.3. The maximum absolute atomic E-state index is 12.7. The first-order valence-corrected chi connectivity index (χ1v) is 9.22. The summed E-state index contributed by atoms with van der Waals surface area (Å²) in [6.07, 6.45) is 14.3. The van der Waals surface area contributed by atoms with Crippen molar-refractivity contribution in [3.8, 4) is 0 Å². The van der Waals surface area contributed by atoms with Gasteiger partial charge in [-0.2, -0.15) is 0 Å². The molecule has 0 heterocycles. The molecule has 1 spiro atoms. The summed E-state index contributed by atoms with van der Waals surface area (Å²) in [7, 11) is 2.03. The summed E-state index contributed by atoms with van der Waals surface area (Å²) in [6, 6.07) is 0.406. The normalized spacial score (nSPS) is 30.0. The molecule has 2 unspecified atom stereocenters. The van der Waals surface area contributed by atoms with E-state index < -0.39 is 0 Å². The third-order valence-electron chi connectivity index (χ3n) is 6.27. The van der Waals surface area contributed by atoms with Crippen LogP contribution in [-0.4, -0.2) is 36.6 Å². The number of carbonyl (C=O) groups is 1. The molecule has 22 heavy (non-hydrogen) atoms. The minimum absolute atomic E-state index is 0.265. The molecule has 0 aliphatic heterocycles.